The topological polar surface area (TPSA) is 61.9 Å². The van der Waals surface area contributed by atoms with E-state index in [4.69, 9.17) is 0 Å². The van der Waals surface area contributed by atoms with Gasteiger partial charge in [-0.1, -0.05) is 32.9 Å². The number of hydrogen-bond donors (Lipinski definition) is 1. The SMILES string of the molecule is CC(C)(C)c1n[nH]c(CN2C[C@H]3CCC(=O)c4cccc2c43)n1. The van der Waals surface area contributed by atoms with E-state index < -0.39 is 0 Å². The molecule has 0 saturated heterocycles. The molecule has 0 fully saturated rings. The Morgan fingerprint density at radius 1 is 1.35 bits per heavy atom. The van der Waals surface area contributed by atoms with E-state index in [1.165, 1.54) is 11.3 Å². The molecule has 1 aliphatic carbocycles. The van der Waals surface area contributed by atoms with Crippen molar-refractivity contribution < 1.29 is 4.79 Å². The number of aromatic nitrogens is 3. The molecule has 2 aliphatic rings. The maximum atomic E-state index is 12.1. The summed E-state index contributed by atoms with van der Waals surface area (Å²) in [6.45, 7) is 8.01. The first kappa shape index (κ1) is 14.4. The lowest BCUT2D eigenvalue weighted by Gasteiger charge is -2.18. The number of nitrogens with zero attached hydrogens (tertiary/aromatic N) is 3. The molecule has 0 radical (unpaired) electrons. The number of benzene rings is 1. The number of Topliss-reactive ketones (excluding diaryl/α,β-unsaturated/α-hetero) is 1. The van der Waals surface area contributed by atoms with Crippen LogP contribution in [0.25, 0.3) is 0 Å². The summed E-state index contributed by atoms with van der Waals surface area (Å²) in [5.74, 6) is 2.49. The Kier molecular flexibility index (Phi) is 3.08. The van der Waals surface area contributed by atoms with Gasteiger partial charge >= 0.3 is 0 Å². The Morgan fingerprint density at radius 2 is 2.17 bits per heavy atom. The van der Waals surface area contributed by atoms with Crippen molar-refractivity contribution in [2.45, 2.75) is 51.5 Å². The minimum Gasteiger partial charge on any atom is -0.363 e. The monoisotopic (exact) mass is 310 g/mol. The Hall–Kier alpha value is -2.17. The maximum absolute atomic E-state index is 12.1. The van der Waals surface area contributed by atoms with Gasteiger partial charge in [-0.25, -0.2) is 4.98 Å². The van der Waals surface area contributed by atoms with E-state index in [1.807, 2.05) is 12.1 Å². The lowest BCUT2D eigenvalue weighted by molar-refractivity contribution is 0.0968. The molecule has 2 aromatic rings. The quantitative estimate of drug-likeness (QED) is 0.925. The Balaban J connectivity index is 1.64. The Labute approximate surface area is 136 Å². The van der Waals surface area contributed by atoms with Crippen LogP contribution in [0.2, 0.25) is 0 Å². The number of hydrogen-bond acceptors (Lipinski definition) is 4. The first-order valence-electron chi connectivity index (χ1n) is 8.26. The molecule has 5 heteroatoms. The lowest BCUT2D eigenvalue weighted by Crippen LogP contribution is -2.22. The molecule has 1 atom stereocenters. The fourth-order valence-electron chi connectivity index (χ4n) is 3.66. The summed E-state index contributed by atoms with van der Waals surface area (Å²) in [6.07, 6.45) is 1.63. The van der Waals surface area contributed by atoms with Crippen molar-refractivity contribution in [1.82, 2.24) is 15.2 Å². The molecule has 0 amide bonds. The predicted octanol–water partition coefficient (Wildman–Crippen LogP) is 3.18. The van der Waals surface area contributed by atoms with Crippen LogP contribution >= 0.6 is 0 Å². The predicted molar refractivity (Wildman–Crippen MR) is 88.9 cm³/mol. The van der Waals surface area contributed by atoms with Gasteiger partial charge in [-0.3, -0.25) is 9.89 Å². The molecule has 0 bridgehead atoms. The van der Waals surface area contributed by atoms with Gasteiger partial charge in [-0.2, -0.15) is 5.10 Å². The van der Waals surface area contributed by atoms with Gasteiger partial charge in [-0.15, -0.1) is 0 Å². The molecule has 5 nitrogen and oxygen atoms in total. The second-order valence-electron chi connectivity index (χ2n) is 7.63. The maximum Gasteiger partial charge on any atom is 0.163 e. The number of anilines is 1. The van der Waals surface area contributed by atoms with E-state index in [1.54, 1.807) is 0 Å². The van der Waals surface area contributed by atoms with Crippen LogP contribution in [0.5, 0.6) is 0 Å². The number of nitrogens with one attached hydrogen (secondary N) is 1. The van der Waals surface area contributed by atoms with Crippen molar-refractivity contribution in [3.05, 3.63) is 41.0 Å². The van der Waals surface area contributed by atoms with Gasteiger partial charge in [0.15, 0.2) is 11.6 Å². The highest BCUT2D eigenvalue weighted by molar-refractivity contribution is 6.00. The van der Waals surface area contributed by atoms with Gasteiger partial charge in [0.2, 0.25) is 0 Å². The number of carbonyl (C=O) groups excluding carboxylic acids is 1. The second-order valence-corrected chi connectivity index (χ2v) is 7.63. The minimum atomic E-state index is -0.0529. The third-order valence-corrected chi connectivity index (χ3v) is 4.84. The molecule has 1 N–H and O–H groups in total. The van der Waals surface area contributed by atoms with Crippen LogP contribution in [-0.4, -0.2) is 27.5 Å². The molecule has 0 spiro atoms. The Bertz CT molecular complexity index is 772. The summed E-state index contributed by atoms with van der Waals surface area (Å²) in [7, 11) is 0. The third-order valence-electron chi connectivity index (χ3n) is 4.84. The van der Waals surface area contributed by atoms with Crippen LogP contribution in [0.3, 0.4) is 0 Å². The fraction of sp³-hybridized carbons (Fsp3) is 0.500. The Morgan fingerprint density at radius 3 is 2.91 bits per heavy atom. The van der Waals surface area contributed by atoms with Crippen molar-refractivity contribution in [3.63, 3.8) is 0 Å². The highest BCUT2D eigenvalue weighted by atomic mass is 16.1. The molecule has 0 saturated carbocycles. The van der Waals surface area contributed by atoms with Crippen molar-refractivity contribution in [3.8, 4) is 0 Å². The molecular formula is C18H22N4O. The van der Waals surface area contributed by atoms with Crippen LogP contribution in [0.1, 0.15) is 67.1 Å². The molecule has 120 valence electrons. The van der Waals surface area contributed by atoms with Crippen LogP contribution in [-0.2, 0) is 12.0 Å². The van der Waals surface area contributed by atoms with Crippen molar-refractivity contribution in [2.75, 3.05) is 11.4 Å². The normalized spacial score (nSPS) is 20.0. The van der Waals surface area contributed by atoms with E-state index in [0.29, 0.717) is 18.9 Å². The van der Waals surface area contributed by atoms with Gasteiger partial charge < -0.3 is 4.90 Å². The van der Waals surface area contributed by atoms with Crippen molar-refractivity contribution >= 4 is 11.5 Å². The number of H-pyrrole nitrogens is 1. The first-order valence-corrected chi connectivity index (χ1v) is 8.26. The van der Waals surface area contributed by atoms with Gasteiger partial charge in [0.05, 0.1) is 6.54 Å². The average molecular weight is 310 g/mol. The van der Waals surface area contributed by atoms with Gasteiger partial charge in [0.1, 0.15) is 5.82 Å². The molecular weight excluding hydrogens is 288 g/mol. The van der Waals surface area contributed by atoms with Crippen molar-refractivity contribution in [2.24, 2.45) is 0 Å². The summed E-state index contributed by atoms with van der Waals surface area (Å²) in [5, 5.41) is 7.42. The number of carbonyl (C=O) groups is 1. The van der Waals surface area contributed by atoms with Crippen LogP contribution in [0, 0.1) is 0 Å². The largest absolute Gasteiger partial charge is 0.363 e. The number of aromatic amines is 1. The molecule has 1 aromatic carbocycles. The lowest BCUT2D eigenvalue weighted by atomic mass is 9.83. The van der Waals surface area contributed by atoms with Gasteiger partial charge in [-0.05, 0) is 18.1 Å². The molecule has 1 aliphatic heterocycles. The van der Waals surface area contributed by atoms with Crippen LogP contribution < -0.4 is 4.90 Å². The van der Waals surface area contributed by atoms with Gasteiger partial charge in [0, 0.05) is 35.5 Å². The number of ketones is 1. The second kappa shape index (κ2) is 4.91. The standard InChI is InChI=1S/C18H22N4O/c1-18(2,3)17-19-15(20-21-17)10-22-9-11-7-8-14(23)12-5-4-6-13(22)16(11)12/h4-6,11H,7-10H2,1-3H3,(H,19,20,21)/t11-/m1/s1. The summed E-state index contributed by atoms with van der Waals surface area (Å²) in [4.78, 5) is 19.1. The number of rotatable bonds is 2. The smallest absolute Gasteiger partial charge is 0.163 e. The zero-order valence-corrected chi connectivity index (χ0v) is 13.9. The summed E-state index contributed by atoms with van der Waals surface area (Å²) >= 11 is 0. The van der Waals surface area contributed by atoms with E-state index >= 15 is 0 Å². The molecule has 4 rings (SSSR count). The van der Waals surface area contributed by atoms with Crippen LogP contribution in [0.15, 0.2) is 18.2 Å². The van der Waals surface area contributed by atoms with E-state index in [-0.39, 0.29) is 11.2 Å². The highest BCUT2D eigenvalue weighted by Crippen LogP contribution is 2.44. The third kappa shape index (κ3) is 2.35. The zero-order chi connectivity index (χ0) is 16.2. The molecule has 1 aromatic heterocycles. The van der Waals surface area contributed by atoms with E-state index in [9.17, 15) is 4.79 Å². The van der Waals surface area contributed by atoms with E-state index in [2.05, 4.69) is 46.9 Å². The molecule has 2 heterocycles. The average Bonchev–Trinajstić information content (AvgIpc) is 3.10. The fourth-order valence-corrected chi connectivity index (χ4v) is 3.66. The molecule has 0 unspecified atom stereocenters. The van der Waals surface area contributed by atoms with Crippen molar-refractivity contribution in [1.29, 1.82) is 0 Å². The molecule has 23 heavy (non-hydrogen) atoms. The minimum absolute atomic E-state index is 0.0529. The first-order chi connectivity index (χ1) is 10.9. The van der Waals surface area contributed by atoms with Gasteiger partial charge in [0.25, 0.3) is 0 Å². The van der Waals surface area contributed by atoms with Crippen LogP contribution in [0.4, 0.5) is 5.69 Å². The highest BCUT2D eigenvalue weighted by Gasteiger charge is 2.36. The summed E-state index contributed by atoms with van der Waals surface area (Å²) in [6, 6.07) is 6.09. The zero-order valence-electron chi connectivity index (χ0n) is 13.9. The summed E-state index contributed by atoms with van der Waals surface area (Å²) in [5.41, 5.74) is 3.31. The summed E-state index contributed by atoms with van der Waals surface area (Å²) < 4.78 is 0. The van der Waals surface area contributed by atoms with E-state index in [0.717, 1.165) is 30.2 Å².